The van der Waals surface area contributed by atoms with Crippen LogP contribution in [0.2, 0.25) is 0 Å². The molecule has 2 rings (SSSR count). The summed E-state index contributed by atoms with van der Waals surface area (Å²) in [7, 11) is 0. The third-order valence-electron chi connectivity index (χ3n) is 2.79. The summed E-state index contributed by atoms with van der Waals surface area (Å²) in [6.07, 6.45) is 2.97. The molecule has 5 heteroatoms. The van der Waals surface area contributed by atoms with Gasteiger partial charge in [-0.2, -0.15) is 0 Å². The van der Waals surface area contributed by atoms with Crippen LogP contribution in [0.1, 0.15) is 12.5 Å². The van der Waals surface area contributed by atoms with Gasteiger partial charge in [0.25, 0.3) is 0 Å². The number of nitrogens with one attached hydrogen (secondary N) is 1. The van der Waals surface area contributed by atoms with Crippen LogP contribution in [0.5, 0.6) is 0 Å². The summed E-state index contributed by atoms with van der Waals surface area (Å²) in [6.45, 7) is 5.99. The molecule has 1 N–H and O–H groups in total. The molecule has 0 spiro atoms. The van der Waals surface area contributed by atoms with E-state index in [9.17, 15) is 4.39 Å². The zero-order valence-electron chi connectivity index (χ0n) is 9.32. The van der Waals surface area contributed by atoms with Gasteiger partial charge in [-0.05, 0) is 18.6 Å². The Morgan fingerprint density at radius 1 is 1.56 bits per heavy atom. The maximum Gasteiger partial charge on any atom is 0.141 e. The number of hydrogen-bond acceptors (Lipinski definition) is 3. The van der Waals surface area contributed by atoms with Crippen molar-refractivity contribution in [2.24, 2.45) is 0 Å². The Bertz CT molecular complexity index is 335. The second-order valence-electron chi connectivity index (χ2n) is 4.04. The number of pyridine rings is 1. The number of piperazine rings is 1. The van der Waals surface area contributed by atoms with E-state index in [0.29, 0.717) is 6.04 Å². The van der Waals surface area contributed by atoms with Crippen LogP contribution in [0.4, 0.5) is 4.39 Å². The van der Waals surface area contributed by atoms with Gasteiger partial charge in [0.2, 0.25) is 0 Å². The smallest absolute Gasteiger partial charge is 0.141 e. The molecule has 1 aromatic rings. The van der Waals surface area contributed by atoms with Crippen LogP contribution in [0.3, 0.4) is 0 Å². The molecular weight excluding hydrogens is 229 g/mol. The number of halogens is 2. The highest BCUT2D eigenvalue weighted by Crippen LogP contribution is 2.09. The molecule has 90 valence electrons. The Labute approximate surface area is 101 Å². The molecule has 2 heterocycles. The van der Waals surface area contributed by atoms with E-state index in [4.69, 9.17) is 0 Å². The van der Waals surface area contributed by atoms with Crippen LogP contribution in [0.25, 0.3) is 0 Å². The van der Waals surface area contributed by atoms with E-state index in [0.717, 1.165) is 31.7 Å². The van der Waals surface area contributed by atoms with Gasteiger partial charge in [0.05, 0.1) is 6.20 Å². The van der Waals surface area contributed by atoms with Crippen molar-refractivity contribution in [2.75, 3.05) is 19.6 Å². The quantitative estimate of drug-likeness (QED) is 0.855. The monoisotopic (exact) mass is 245 g/mol. The SMILES string of the molecule is C[C@@H]1CNCCN1Cc1cncc(F)c1.Cl. The van der Waals surface area contributed by atoms with Gasteiger partial charge >= 0.3 is 0 Å². The van der Waals surface area contributed by atoms with E-state index in [-0.39, 0.29) is 18.2 Å². The molecule has 0 radical (unpaired) electrons. The average Bonchev–Trinajstić information content (AvgIpc) is 2.22. The van der Waals surface area contributed by atoms with Crippen molar-refractivity contribution in [1.29, 1.82) is 0 Å². The predicted molar refractivity (Wildman–Crippen MR) is 64.2 cm³/mol. The lowest BCUT2D eigenvalue weighted by atomic mass is 10.2. The molecule has 0 bridgehead atoms. The molecular formula is C11H17ClFN3. The summed E-state index contributed by atoms with van der Waals surface area (Å²) in [5.74, 6) is -0.254. The van der Waals surface area contributed by atoms with Crippen molar-refractivity contribution in [3.63, 3.8) is 0 Å². The number of rotatable bonds is 2. The molecule has 1 aliphatic heterocycles. The fraction of sp³-hybridized carbons (Fsp3) is 0.545. The first-order valence-electron chi connectivity index (χ1n) is 5.30. The van der Waals surface area contributed by atoms with Gasteiger partial charge in [-0.1, -0.05) is 0 Å². The summed E-state index contributed by atoms with van der Waals surface area (Å²) < 4.78 is 12.9. The zero-order valence-corrected chi connectivity index (χ0v) is 10.1. The van der Waals surface area contributed by atoms with E-state index < -0.39 is 0 Å². The van der Waals surface area contributed by atoms with Crippen LogP contribution >= 0.6 is 12.4 Å². The second kappa shape index (κ2) is 6.13. The van der Waals surface area contributed by atoms with Crippen molar-refractivity contribution in [1.82, 2.24) is 15.2 Å². The summed E-state index contributed by atoms with van der Waals surface area (Å²) in [5, 5.41) is 3.33. The first-order valence-corrected chi connectivity index (χ1v) is 5.30. The minimum absolute atomic E-state index is 0. The van der Waals surface area contributed by atoms with Crippen molar-refractivity contribution in [3.05, 3.63) is 29.8 Å². The molecule has 0 amide bonds. The summed E-state index contributed by atoms with van der Waals surface area (Å²) in [6, 6.07) is 2.06. The third kappa shape index (κ3) is 3.40. The molecule has 3 nitrogen and oxygen atoms in total. The molecule has 0 aromatic carbocycles. The van der Waals surface area contributed by atoms with E-state index in [1.807, 2.05) is 0 Å². The average molecular weight is 246 g/mol. The van der Waals surface area contributed by atoms with Crippen LogP contribution in [-0.4, -0.2) is 35.6 Å². The molecule has 16 heavy (non-hydrogen) atoms. The molecule has 0 saturated carbocycles. The van der Waals surface area contributed by atoms with Crippen LogP contribution < -0.4 is 5.32 Å². The first-order chi connectivity index (χ1) is 7.25. The summed E-state index contributed by atoms with van der Waals surface area (Å²) in [5.41, 5.74) is 0.948. The van der Waals surface area contributed by atoms with Crippen molar-refractivity contribution in [3.8, 4) is 0 Å². The molecule has 1 atom stereocenters. The maximum absolute atomic E-state index is 12.9. The van der Waals surface area contributed by atoms with Crippen LogP contribution in [-0.2, 0) is 6.54 Å². The lowest BCUT2D eigenvalue weighted by Gasteiger charge is -2.33. The molecule has 0 aliphatic carbocycles. The molecule has 1 aliphatic rings. The van der Waals surface area contributed by atoms with Crippen molar-refractivity contribution >= 4 is 12.4 Å². The first kappa shape index (κ1) is 13.4. The van der Waals surface area contributed by atoms with Crippen LogP contribution in [0, 0.1) is 5.82 Å². The number of nitrogens with zero attached hydrogens (tertiary/aromatic N) is 2. The highest BCUT2D eigenvalue weighted by Gasteiger charge is 2.17. The summed E-state index contributed by atoms with van der Waals surface area (Å²) in [4.78, 5) is 6.20. The maximum atomic E-state index is 12.9. The van der Waals surface area contributed by atoms with Crippen molar-refractivity contribution < 1.29 is 4.39 Å². The van der Waals surface area contributed by atoms with Gasteiger partial charge in [0, 0.05) is 38.4 Å². The number of aromatic nitrogens is 1. The largest absolute Gasteiger partial charge is 0.314 e. The lowest BCUT2D eigenvalue weighted by Crippen LogP contribution is -2.49. The van der Waals surface area contributed by atoms with Gasteiger partial charge in [0.1, 0.15) is 5.82 Å². The fourth-order valence-corrected chi connectivity index (χ4v) is 1.89. The van der Waals surface area contributed by atoms with Gasteiger partial charge < -0.3 is 5.32 Å². The topological polar surface area (TPSA) is 28.2 Å². The second-order valence-corrected chi connectivity index (χ2v) is 4.04. The van der Waals surface area contributed by atoms with E-state index in [2.05, 4.69) is 22.1 Å². The van der Waals surface area contributed by atoms with Gasteiger partial charge in [-0.3, -0.25) is 9.88 Å². The van der Waals surface area contributed by atoms with Gasteiger partial charge in [-0.25, -0.2) is 4.39 Å². The van der Waals surface area contributed by atoms with Crippen molar-refractivity contribution in [2.45, 2.75) is 19.5 Å². The Kier molecular flexibility index (Phi) is 5.12. The molecule has 0 unspecified atom stereocenters. The molecule has 1 fully saturated rings. The highest BCUT2D eigenvalue weighted by atomic mass is 35.5. The normalized spacial score (nSPS) is 21.5. The minimum atomic E-state index is -0.254. The number of hydrogen-bond donors (Lipinski definition) is 1. The standard InChI is InChI=1S/C11H16FN3.ClH/c1-9-5-13-2-3-15(9)8-10-4-11(12)7-14-6-10;/h4,6-7,9,13H,2-3,5,8H2,1H3;1H/t9-;/m1./s1. The minimum Gasteiger partial charge on any atom is -0.314 e. The molecule has 1 aromatic heterocycles. The Morgan fingerprint density at radius 3 is 3.06 bits per heavy atom. The molecule has 1 saturated heterocycles. The Morgan fingerprint density at radius 2 is 2.38 bits per heavy atom. The van der Waals surface area contributed by atoms with E-state index >= 15 is 0 Å². The Balaban J connectivity index is 0.00000128. The fourth-order valence-electron chi connectivity index (χ4n) is 1.89. The third-order valence-corrected chi connectivity index (χ3v) is 2.79. The van der Waals surface area contributed by atoms with Gasteiger partial charge in [-0.15, -0.1) is 12.4 Å². The van der Waals surface area contributed by atoms with Crippen LogP contribution in [0.15, 0.2) is 18.5 Å². The highest BCUT2D eigenvalue weighted by molar-refractivity contribution is 5.85. The van der Waals surface area contributed by atoms with Gasteiger partial charge in [0.15, 0.2) is 0 Å². The zero-order chi connectivity index (χ0) is 10.7. The summed E-state index contributed by atoms with van der Waals surface area (Å²) >= 11 is 0. The lowest BCUT2D eigenvalue weighted by molar-refractivity contribution is 0.165. The Hall–Kier alpha value is -0.710. The van der Waals surface area contributed by atoms with E-state index in [1.165, 1.54) is 6.20 Å². The van der Waals surface area contributed by atoms with E-state index in [1.54, 1.807) is 12.3 Å². The predicted octanol–water partition coefficient (Wildman–Crippen LogP) is 1.44.